The lowest BCUT2D eigenvalue weighted by molar-refractivity contribution is 0.549. The Hall–Kier alpha value is -1.74. The molecule has 2 aromatic carbocycles. The van der Waals surface area contributed by atoms with E-state index in [1.165, 1.54) is 29.3 Å². The molecule has 0 amide bonds. The Balaban J connectivity index is 2.02. The SMILES string of the molecule is CCNC1CCc2cc(-c3c(F)cccc3F)ccc21. The second-order valence-electron chi connectivity index (χ2n) is 5.16. The predicted molar refractivity (Wildman–Crippen MR) is 76.5 cm³/mol. The average molecular weight is 273 g/mol. The van der Waals surface area contributed by atoms with Gasteiger partial charge in [-0.15, -0.1) is 0 Å². The monoisotopic (exact) mass is 273 g/mol. The van der Waals surface area contributed by atoms with Crippen molar-refractivity contribution >= 4 is 0 Å². The van der Waals surface area contributed by atoms with E-state index in [1.54, 1.807) is 0 Å². The number of halogens is 2. The maximum absolute atomic E-state index is 13.8. The highest BCUT2D eigenvalue weighted by atomic mass is 19.1. The molecular weight excluding hydrogens is 256 g/mol. The van der Waals surface area contributed by atoms with Gasteiger partial charge in [-0.3, -0.25) is 0 Å². The summed E-state index contributed by atoms with van der Waals surface area (Å²) in [5, 5.41) is 3.43. The summed E-state index contributed by atoms with van der Waals surface area (Å²) in [6.45, 7) is 3.01. The maximum Gasteiger partial charge on any atom is 0.133 e. The molecule has 0 fully saturated rings. The second kappa shape index (κ2) is 5.33. The highest BCUT2D eigenvalue weighted by molar-refractivity contribution is 5.66. The number of benzene rings is 2. The lowest BCUT2D eigenvalue weighted by Crippen LogP contribution is -2.18. The molecule has 0 spiro atoms. The zero-order valence-electron chi connectivity index (χ0n) is 11.4. The Morgan fingerprint density at radius 3 is 2.60 bits per heavy atom. The molecule has 0 saturated heterocycles. The summed E-state index contributed by atoms with van der Waals surface area (Å²) < 4.78 is 27.7. The molecule has 2 aromatic rings. The van der Waals surface area contributed by atoms with Crippen molar-refractivity contribution in [3.05, 3.63) is 59.2 Å². The number of hydrogen-bond donors (Lipinski definition) is 1. The van der Waals surface area contributed by atoms with Gasteiger partial charge in [-0.2, -0.15) is 0 Å². The largest absolute Gasteiger partial charge is 0.310 e. The van der Waals surface area contributed by atoms with E-state index in [0.717, 1.165) is 19.4 Å². The minimum absolute atomic E-state index is 0.0715. The van der Waals surface area contributed by atoms with E-state index in [9.17, 15) is 8.78 Å². The summed E-state index contributed by atoms with van der Waals surface area (Å²) in [7, 11) is 0. The highest BCUT2D eigenvalue weighted by Crippen LogP contribution is 2.35. The van der Waals surface area contributed by atoms with Gasteiger partial charge in [0, 0.05) is 6.04 Å². The third kappa shape index (κ3) is 2.22. The molecular formula is C17H17F2N. The van der Waals surface area contributed by atoms with Gasteiger partial charge in [-0.25, -0.2) is 8.78 Å². The zero-order chi connectivity index (χ0) is 14.1. The molecule has 104 valence electrons. The van der Waals surface area contributed by atoms with Crippen molar-refractivity contribution in [1.82, 2.24) is 5.32 Å². The van der Waals surface area contributed by atoms with Crippen LogP contribution in [0.1, 0.15) is 30.5 Å². The Morgan fingerprint density at radius 2 is 1.90 bits per heavy atom. The Labute approximate surface area is 117 Å². The van der Waals surface area contributed by atoms with E-state index >= 15 is 0 Å². The first-order chi connectivity index (χ1) is 9.70. The van der Waals surface area contributed by atoms with Gasteiger partial charge in [0.1, 0.15) is 11.6 Å². The molecule has 0 heterocycles. The molecule has 1 N–H and O–H groups in total. The van der Waals surface area contributed by atoms with Crippen LogP contribution in [0.4, 0.5) is 8.78 Å². The first kappa shape index (κ1) is 13.3. The van der Waals surface area contributed by atoms with Crippen LogP contribution in [-0.2, 0) is 6.42 Å². The van der Waals surface area contributed by atoms with Gasteiger partial charge < -0.3 is 5.32 Å². The molecule has 0 saturated carbocycles. The minimum Gasteiger partial charge on any atom is -0.310 e. The quantitative estimate of drug-likeness (QED) is 0.882. The van der Waals surface area contributed by atoms with Crippen LogP contribution in [0.25, 0.3) is 11.1 Å². The number of aryl methyl sites for hydroxylation is 1. The predicted octanol–water partition coefficient (Wildman–Crippen LogP) is 4.23. The third-order valence-corrected chi connectivity index (χ3v) is 3.92. The molecule has 3 heteroatoms. The van der Waals surface area contributed by atoms with E-state index < -0.39 is 11.6 Å². The van der Waals surface area contributed by atoms with Crippen LogP contribution in [0.3, 0.4) is 0 Å². The van der Waals surface area contributed by atoms with E-state index in [2.05, 4.69) is 12.2 Å². The standard InChI is InChI=1S/C17H17F2N/c1-2-20-16-9-7-11-10-12(6-8-13(11)16)17-14(18)4-3-5-15(17)19/h3-6,8,10,16,20H,2,7,9H2,1H3. The number of hydrogen-bond acceptors (Lipinski definition) is 1. The molecule has 0 aromatic heterocycles. The van der Waals surface area contributed by atoms with Gasteiger partial charge >= 0.3 is 0 Å². The second-order valence-corrected chi connectivity index (χ2v) is 5.16. The van der Waals surface area contributed by atoms with Crippen LogP contribution in [0, 0.1) is 11.6 Å². The maximum atomic E-state index is 13.8. The lowest BCUT2D eigenvalue weighted by Gasteiger charge is -2.13. The normalized spacial score (nSPS) is 17.2. The highest BCUT2D eigenvalue weighted by Gasteiger charge is 2.22. The summed E-state index contributed by atoms with van der Waals surface area (Å²) in [6.07, 6.45) is 2.00. The summed E-state index contributed by atoms with van der Waals surface area (Å²) in [5.74, 6) is -1.02. The lowest BCUT2D eigenvalue weighted by atomic mass is 9.99. The van der Waals surface area contributed by atoms with Crippen molar-refractivity contribution in [3.8, 4) is 11.1 Å². The zero-order valence-corrected chi connectivity index (χ0v) is 11.4. The van der Waals surface area contributed by atoms with Crippen molar-refractivity contribution < 1.29 is 8.78 Å². The molecule has 1 nitrogen and oxygen atoms in total. The number of rotatable bonds is 3. The van der Waals surface area contributed by atoms with Gasteiger partial charge in [0.15, 0.2) is 0 Å². The van der Waals surface area contributed by atoms with Crippen LogP contribution in [0.15, 0.2) is 36.4 Å². The van der Waals surface area contributed by atoms with Crippen molar-refractivity contribution in [2.75, 3.05) is 6.54 Å². The fraction of sp³-hybridized carbons (Fsp3) is 0.294. The van der Waals surface area contributed by atoms with E-state index in [-0.39, 0.29) is 5.56 Å². The van der Waals surface area contributed by atoms with Crippen molar-refractivity contribution in [3.63, 3.8) is 0 Å². The summed E-state index contributed by atoms with van der Waals surface area (Å²) >= 11 is 0. The van der Waals surface area contributed by atoms with Crippen LogP contribution < -0.4 is 5.32 Å². The van der Waals surface area contributed by atoms with E-state index in [1.807, 2.05) is 18.2 Å². The number of fused-ring (bicyclic) bond motifs is 1. The fourth-order valence-corrected chi connectivity index (χ4v) is 3.01. The van der Waals surface area contributed by atoms with Gasteiger partial charge in [-0.05, 0) is 48.2 Å². The van der Waals surface area contributed by atoms with Gasteiger partial charge in [0.05, 0.1) is 5.56 Å². The third-order valence-electron chi connectivity index (χ3n) is 3.92. The summed E-state index contributed by atoms with van der Waals surface area (Å²) in [4.78, 5) is 0. The van der Waals surface area contributed by atoms with Crippen LogP contribution >= 0.6 is 0 Å². The fourth-order valence-electron chi connectivity index (χ4n) is 3.01. The van der Waals surface area contributed by atoms with Crippen molar-refractivity contribution in [2.45, 2.75) is 25.8 Å². The van der Waals surface area contributed by atoms with Crippen LogP contribution in [-0.4, -0.2) is 6.54 Å². The van der Waals surface area contributed by atoms with E-state index in [4.69, 9.17) is 0 Å². The van der Waals surface area contributed by atoms with Crippen molar-refractivity contribution in [1.29, 1.82) is 0 Å². The molecule has 0 aliphatic heterocycles. The first-order valence-corrected chi connectivity index (χ1v) is 7.01. The minimum atomic E-state index is -0.508. The van der Waals surface area contributed by atoms with Gasteiger partial charge in [0.25, 0.3) is 0 Å². The van der Waals surface area contributed by atoms with Crippen LogP contribution in [0.2, 0.25) is 0 Å². The molecule has 20 heavy (non-hydrogen) atoms. The average Bonchev–Trinajstić information content (AvgIpc) is 2.82. The summed E-state index contributed by atoms with van der Waals surface area (Å²) in [6, 6.07) is 10.1. The Morgan fingerprint density at radius 1 is 1.15 bits per heavy atom. The van der Waals surface area contributed by atoms with Gasteiger partial charge in [0.2, 0.25) is 0 Å². The van der Waals surface area contributed by atoms with Crippen LogP contribution in [0.5, 0.6) is 0 Å². The molecule has 1 aliphatic carbocycles. The molecule has 3 rings (SSSR count). The molecule has 1 atom stereocenters. The smallest absolute Gasteiger partial charge is 0.133 e. The topological polar surface area (TPSA) is 12.0 Å². The van der Waals surface area contributed by atoms with E-state index in [0.29, 0.717) is 11.6 Å². The molecule has 1 unspecified atom stereocenters. The first-order valence-electron chi connectivity index (χ1n) is 7.01. The molecule has 0 bridgehead atoms. The summed E-state index contributed by atoms with van der Waals surface area (Å²) in [5.41, 5.74) is 3.14. The van der Waals surface area contributed by atoms with Crippen molar-refractivity contribution in [2.24, 2.45) is 0 Å². The van der Waals surface area contributed by atoms with Gasteiger partial charge in [-0.1, -0.05) is 31.2 Å². The number of nitrogens with one attached hydrogen (secondary N) is 1. The Kier molecular flexibility index (Phi) is 3.53. The Bertz CT molecular complexity index is 617. The molecule has 1 aliphatic rings. The molecule has 0 radical (unpaired) electrons.